The van der Waals surface area contributed by atoms with E-state index in [0.717, 1.165) is 0 Å². The van der Waals surface area contributed by atoms with E-state index in [9.17, 15) is 13.2 Å². The van der Waals surface area contributed by atoms with Crippen LogP contribution in [0.5, 0.6) is 0 Å². The Morgan fingerprint density at radius 2 is 2.17 bits per heavy atom. The van der Waals surface area contributed by atoms with Crippen LogP contribution in [0.15, 0.2) is 12.2 Å². The van der Waals surface area contributed by atoms with Crippen LogP contribution >= 0.6 is 0 Å². The minimum atomic E-state index is -3.58. The fourth-order valence-corrected chi connectivity index (χ4v) is 4.67. The van der Waals surface area contributed by atoms with Gasteiger partial charge in [0, 0.05) is 17.9 Å². The van der Waals surface area contributed by atoms with Crippen molar-refractivity contribution in [3.8, 4) is 0 Å². The Kier molecular flexibility index (Phi) is 2.55. The molecule has 3 fully saturated rings. The molecule has 0 spiro atoms. The lowest BCUT2D eigenvalue weighted by atomic mass is 9.87. The zero-order valence-electron chi connectivity index (χ0n) is 9.87. The molecule has 7 heteroatoms. The molecule has 2 bridgehead atoms. The zero-order valence-corrected chi connectivity index (χ0v) is 10.7. The van der Waals surface area contributed by atoms with E-state index in [0.29, 0.717) is 12.0 Å². The summed E-state index contributed by atoms with van der Waals surface area (Å²) in [4.78, 5) is 11.5. The lowest BCUT2D eigenvalue weighted by Crippen LogP contribution is -2.43. The molecule has 3 rings (SSSR count). The molecule has 0 radical (unpaired) electrons. The number of carbonyl (C=O) groups excluding carboxylic acids is 1. The van der Waals surface area contributed by atoms with Crippen LogP contribution in [0.3, 0.4) is 0 Å². The molecule has 18 heavy (non-hydrogen) atoms. The minimum Gasteiger partial charge on any atom is -0.456 e. The number of hydrogen-bond donors (Lipinski definition) is 0. The molecule has 0 aromatic heterocycles. The van der Waals surface area contributed by atoms with Crippen molar-refractivity contribution in [3.05, 3.63) is 12.2 Å². The van der Waals surface area contributed by atoms with Crippen molar-refractivity contribution < 1.29 is 26.9 Å². The predicted molar refractivity (Wildman–Crippen MR) is 60.1 cm³/mol. The Bertz CT molecular complexity index is 510. The number of ether oxygens (including phenoxy) is 2. The van der Waals surface area contributed by atoms with Crippen molar-refractivity contribution >= 4 is 16.1 Å². The van der Waals surface area contributed by atoms with Crippen LogP contribution in [0.2, 0.25) is 0 Å². The average molecular weight is 274 g/mol. The molecule has 3 saturated heterocycles. The molecule has 6 nitrogen and oxygen atoms in total. The Balaban J connectivity index is 1.79. The van der Waals surface area contributed by atoms with Crippen molar-refractivity contribution in [1.29, 1.82) is 0 Å². The largest absolute Gasteiger partial charge is 0.456 e. The van der Waals surface area contributed by atoms with Gasteiger partial charge in [0.15, 0.2) is 0 Å². The quantitative estimate of drug-likeness (QED) is 0.400. The molecule has 5 atom stereocenters. The first kappa shape index (κ1) is 12.1. The van der Waals surface area contributed by atoms with Gasteiger partial charge < -0.3 is 9.47 Å². The molecule has 0 aromatic rings. The van der Waals surface area contributed by atoms with Gasteiger partial charge in [-0.05, 0) is 6.92 Å². The third-order valence-electron chi connectivity index (χ3n) is 3.75. The monoisotopic (exact) mass is 274 g/mol. The molecule has 3 aliphatic rings. The first-order valence-corrected chi connectivity index (χ1v) is 7.27. The number of esters is 1. The van der Waals surface area contributed by atoms with E-state index >= 15 is 0 Å². The molecule has 0 aromatic carbocycles. The Morgan fingerprint density at radius 1 is 1.44 bits per heavy atom. The number of carbonyl (C=O) groups is 1. The molecule has 3 heterocycles. The Labute approximate surface area is 105 Å². The van der Waals surface area contributed by atoms with E-state index in [4.69, 9.17) is 13.7 Å². The maximum atomic E-state index is 11.7. The summed E-state index contributed by atoms with van der Waals surface area (Å²) in [5.41, 5.74) is 0.292. The smallest absolute Gasteiger partial charge is 0.333 e. The van der Waals surface area contributed by atoms with Gasteiger partial charge in [-0.1, -0.05) is 6.58 Å². The lowest BCUT2D eigenvalue weighted by Gasteiger charge is -2.25. The summed E-state index contributed by atoms with van der Waals surface area (Å²) in [5.74, 6) is -0.635. The van der Waals surface area contributed by atoms with E-state index in [2.05, 4.69) is 6.58 Å². The summed E-state index contributed by atoms with van der Waals surface area (Å²) in [6.45, 7) is 5.22. The molecule has 5 unspecified atom stereocenters. The Morgan fingerprint density at radius 3 is 2.83 bits per heavy atom. The van der Waals surface area contributed by atoms with Gasteiger partial charge in [0.2, 0.25) is 0 Å². The summed E-state index contributed by atoms with van der Waals surface area (Å²) in [6, 6.07) is 0. The lowest BCUT2D eigenvalue weighted by molar-refractivity contribution is -0.146. The highest BCUT2D eigenvalue weighted by Crippen LogP contribution is 2.47. The topological polar surface area (TPSA) is 78.9 Å². The van der Waals surface area contributed by atoms with Gasteiger partial charge in [0.1, 0.15) is 17.5 Å². The van der Waals surface area contributed by atoms with E-state index in [-0.39, 0.29) is 18.6 Å². The molecular formula is C11H14O6S. The van der Waals surface area contributed by atoms with Gasteiger partial charge in [-0.2, -0.15) is 8.42 Å². The van der Waals surface area contributed by atoms with Gasteiger partial charge in [0.05, 0.1) is 12.7 Å². The molecule has 0 N–H and O–H groups in total. The molecule has 0 saturated carbocycles. The van der Waals surface area contributed by atoms with Gasteiger partial charge in [-0.25, -0.2) is 4.79 Å². The first-order valence-electron chi connectivity index (χ1n) is 5.80. The standard InChI is InChI=1S/C11H14O6S/c1-5(2)11(12)17-8-3-7-6-4-15-18(13,14)10(6)9(8)16-7/h6-10H,1,3-4H2,2H3. The van der Waals surface area contributed by atoms with Gasteiger partial charge >= 0.3 is 5.97 Å². The molecular weight excluding hydrogens is 260 g/mol. The summed E-state index contributed by atoms with van der Waals surface area (Å²) >= 11 is 0. The van der Waals surface area contributed by atoms with E-state index in [1.807, 2.05) is 0 Å². The van der Waals surface area contributed by atoms with Crippen LogP contribution in [0.1, 0.15) is 13.3 Å². The maximum absolute atomic E-state index is 11.7. The Hall–Kier alpha value is -0.920. The van der Waals surface area contributed by atoms with Gasteiger partial charge in [0.25, 0.3) is 10.1 Å². The van der Waals surface area contributed by atoms with Crippen LogP contribution < -0.4 is 0 Å². The zero-order chi connectivity index (χ0) is 13.1. The fourth-order valence-electron chi connectivity index (χ4n) is 2.91. The highest BCUT2D eigenvalue weighted by Gasteiger charge is 2.64. The van der Waals surface area contributed by atoms with E-state index in [1.165, 1.54) is 0 Å². The minimum absolute atomic E-state index is 0.125. The number of rotatable bonds is 2. The van der Waals surface area contributed by atoms with E-state index < -0.39 is 33.5 Å². The van der Waals surface area contributed by atoms with E-state index in [1.54, 1.807) is 6.92 Å². The molecule has 0 aliphatic carbocycles. The molecule has 100 valence electrons. The summed E-state index contributed by atoms with van der Waals surface area (Å²) in [6.07, 6.45) is -0.781. The second kappa shape index (κ2) is 3.79. The van der Waals surface area contributed by atoms with Crippen molar-refractivity contribution in [2.75, 3.05) is 6.61 Å². The summed E-state index contributed by atoms with van der Waals surface area (Å²) < 4.78 is 39.1. The maximum Gasteiger partial charge on any atom is 0.333 e. The molecule has 0 amide bonds. The van der Waals surface area contributed by atoms with Crippen molar-refractivity contribution in [1.82, 2.24) is 0 Å². The van der Waals surface area contributed by atoms with Crippen LogP contribution in [0.4, 0.5) is 0 Å². The number of hydrogen-bond acceptors (Lipinski definition) is 6. The van der Waals surface area contributed by atoms with Crippen LogP contribution in [-0.2, 0) is 28.6 Å². The van der Waals surface area contributed by atoms with Crippen LogP contribution in [-0.4, -0.2) is 44.6 Å². The number of fused-ring (bicyclic) bond motifs is 5. The van der Waals surface area contributed by atoms with Crippen LogP contribution in [0.25, 0.3) is 0 Å². The first-order chi connectivity index (χ1) is 8.40. The average Bonchev–Trinajstić information content (AvgIpc) is 2.90. The van der Waals surface area contributed by atoms with Crippen molar-refractivity contribution in [3.63, 3.8) is 0 Å². The van der Waals surface area contributed by atoms with Gasteiger partial charge in [-0.3, -0.25) is 4.18 Å². The highest BCUT2D eigenvalue weighted by atomic mass is 32.2. The second-order valence-corrected chi connectivity index (χ2v) is 6.77. The summed E-state index contributed by atoms with van der Waals surface area (Å²) in [7, 11) is -3.58. The fraction of sp³-hybridized carbons (Fsp3) is 0.727. The summed E-state index contributed by atoms with van der Waals surface area (Å²) in [5, 5.41) is -0.695. The third-order valence-corrected chi connectivity index (χ3v) is 5.50. The van der Waals surface area contributed by atoms with Gasteiger partial charge in [-0.15, -0.1) is 0 Å². The SMILES string of the molecule is C=C(C)C(=O)OC1CC2OC1C1C2COS1(=O)=O. The predicted octanol–water partition coefficient (Wildman–Crippen LogP) is -0.00980. The van der Waals surface area contributed by atoms with Crippen molar-refractivity contribution in [2.24, 2.45) is 5.92 Å². The normalized spacial score (nSPS) is 43.7. The molecule has 3 aliphatic heterocycles. The third kappa shape index (κ3) is 1.61. The van der Waals surface area contributed by atoms with Crippen LogP contribution in [0, 0.1) is 5.92 Å². The second-order valence-electron chi connectivity index (χ2n) is 5.00. The van der Waals surface area contributed by atoms with Crippen molar-refractivity contribution in [2.45, 2.75) is 36.9 Å². The highest BCUT2D eigenvalue weighted by molar-refractivity contribution is 7.87.